The lowest BCUT2D eigenvalue weighted by atomic mass is 9.71. The number of nitrogens with zero attached hydrogens (tertiary/aromatic N) is 4. The Bertz CT molecular complexity index is 1440. The summed E-state index contributed by atoms with van der Waals surface area (Å²) in [5.41, 5.74) is 2.37. The summed E-state index contributed by atoms with van der Waals surface area (Å²) in [6.07, 6.45) is 9.53. The minimum absolute atomic E-state index is 0.0595. The standard InChI is InChI=1S/C35H48BrN5O4/c1-25(27-10-9-11-28(36)22-27)37-33-29-23-31(44-3)32(24-30(29)38-26(2)39-33)45-21-8-6-4-5-7-16-40-17-12-35(13-18-40)14-19-41(20-15-35)34(42)43/h9-11,22-25H,4-8,12-21H2,1-3H3,(H,42,43)(H,37,38,39). The van der Waals surface area contributed by atoms with Crippen molar-refractivity contribution in [2.45, 2.75) is 77.7 Å². The van der Waals surface area contributed by atoms with Gasteiger partial charge in [0, 0.05) is 29.0 Å². The number of piperidine rings is 2. The minimum Gasteiger partial charge on any atom is -0.493 e. The third-order valence-corrected chi connectivity index (χ3v) is 10.2. The van der Waals surface area contributed by atoms with Gasteiger partial charge in [0.15, 0.2) is 11.5 Å². The van der Waals surface area contributed by atoms with E-state index in [1.54, 1.807) is 12.0 Å². The zero-order valence-corrected chi connectivity index (χ0v) is 28.6. The molecule has 2 N–H and O–H groups in total. The molecule has 2 aromatic carbocycles. The number of aromatic nitrogens is 2. The number of unbranched alkanes of at least 4 members (excludes halogenated alkanes) is 4. The molecule has 2 saturated heterocycles. The van der Waals surface area contributed by atoms with E-state index in [0.29, 0.717) is 42.4 Å². The van der Waals surface area contributed by atoms with Gasteiger partial charge < -0.3 is 29.7 Å². The second-order valence-electron chi connectivity index (χ2n) is 12.8. The molecular formula is C35H48BrN5O4. The largest absolute Gasteiger partial charge is 0.493 e. The zero-order valence-electron chi connectivity index (χ0n) is 27.0. The van der Waals surface area contributed by atoms with E-state index >= 15 is 0 Å². The zero-order chi connectivity index (χ0) is 31.8. The van der Waals surface area contributed by atoms with Crippen molar-refractivity contribution in [3.8, 4) is 11.5 Å². The highest BCUT2D eigenvalue weighted by Gasteiger charge is 2.38. The van der Waals surface area contributed by atoms with Gasteiger partial charge in [-0.1, -0.05) is 47.3 Å². The fourth-order valence-corrected chi connectivity index (χ4v) is 7.19. The molecule has 1 aromatic heterocycles. The lowest BCUT2D eigenvalue weighted by molar-refractivity contribution is 0.0359. The number of hydrogen-bond acceptors (Lipinski definition) is 7. The van der Waals surface area contributed by atoms with Crippen LogP contribution in [-0.2, 0) is 0 Å². The molecule has 2 aliphatic rings. The van der Waals surface area contributed by atoms with Crippen LogP contribution in [0, 0.1) is 12.3 Å². The number of likely N-dealkylation sites (tertiary alicyclic amines) is 2. The molecule has 0 saturated carbocycles. The number of rotatable bonds is 13. The number of halogens is 1. The molecule has 9 nitrogen and oxygen atoms in total. The van der Waals surface area contributed by atoms with Crippen molar-refractivity contribution in [2.75, 3.05) is 51.8 Å². The third kappa shape index (κ3) is 8.79. The summed E-state index contributed by atoms with van der Waals surface area (Å²) in [6.45, 7) is 9.55. The van der Waals surface area contributed by atoms with Crippen LogP contribution < -0.4 is 14.8 Å². The Balaban J connectivity index is 1.03. The highest BCUT2D eigenvalue weighted by atomic mass is 79.9. The van der Waals surface area contributed by atoms with Crippen molar-refractivity contribution in [3.63, 3.8) is 0 Å². The Hall–Kier alpha value is -3.11. The van der Waals surface area contributed by atoms with Crippen molar-refractivity contribution < 1.29 is 19.4 Å². The number of benzene rings is 2. The Morgan fingerprint density at radius 3 is 2.42 bits per heavy atom. The summed E-state index contributed by atoms with van der Waals surface area (Å²) >= 11 is 3.57. The maximum atomic E-state index is 11.2. The first-order valence-corrected chi connectivity index (χ1v) is 17.3. The summed E-state index contributed by atoms with van der Waals surface area (Å²) in [6, 6.07) is 12.3. The van der Waals surface area contributed by atoms with Crippen LogP contribution >= 0.6 is 15.9 Å². The number of ether oxygens (including phenoxy) is 2. The molecule has 1 unspecified atom stereocenters. The molecule has 244 valence electrons. The molecule has 0 radical (unpaired) electrons. The number of hydrogen-bond donors (Lipinski definition) is 2. The number of methoxy groups -OCH3 is 1. The molecule has 10 heteroatoms. The fraction of sp³-hybridized carbons (Fsp3) is 0.571. The van der Waals surface area contributed by atoms with E-state index in [0.717, 1.165) is 65.5 Å². The van der Waals surface area contributed by atoms with Crippen molar-refractivity contribution in [1.29, 1.82) is 0 Å². The van der Waals surface area contributed by atoms with Crippen LogP contribution in [0.4, 0.5) is 10.6 Å². The van der Waals surface area contributed by atoms with Crippen molar-refractivity contribution in [3.05, 3.63) is 52.3 Å². The van der Waals surface area contributed by atoms with Crippen LogP contribution in [0.5, 0.6) is 11.5 Å². The number of nitrogens with one attached hydrogen (secondary N) is 1. The highest BCUT2D eigenvalue weighted by Crippen LogP contribution is 2.41. The van der Waals surface area contributed by atoms with Crippen LogP contribution in [0.1, 0.15) is 82.1 Å². The SMILES string of the molecule is COc1cc2c(NC(C)c3cccc(Br)c3)nc(C)nc2cc1OCCCCCCCN1CCC2(CC1)CCN(C(=O)O)CC2. The Morgan fingerprint density at radius 2 is 1.71 bits per heavy atom. The number of amides is 1. The smallest absolute Gasteiger partial charge is 0.407 e. The first-order valence-electron chi connectivity index (χ1n) is 16.5. The topological polar surface area (TPSA) is 100 Å². The van der Waals surface area contributed by atoms with Crippen LogP contribution in [0.25, 0.3) is 10.9 Å². The first-order chi connectivity index (χ1) is 21.7. The van der Waals surface area contributed by atoms with E-state index in [1.807, 2.05) is 31.2 Å². The third-order valence-electron chi connectivity index (χ3n) is 9.68. The molecule has 5 rings (SSSR count). The molecular weight excluding hydrogens is 634 g/mol. The van der Waals surface area contributed by atoms with Crippen LogP contribution in [0.15, 0.2) is 40.9 Å². The van der Waals surface area contributed by atoms with Gasteiger partial charge in [0.05, 0.1) is 25.3 Å². The summed E-state index contributed by atoms with van der Waals surface area (Å²) in [5.74, 6) is 2.88. The Kier molecular flexibility index (Phi) is 11.4. The number of carboxylic acid groups (broad SMARTS) is 1. The predicted molar refractivity (Wildman–Crippen MR) is 183 cm³/mol. The molecule has 2 aliphatic heterocycles. The van der Waals surface area contributed by atoms with Crippen molar-refractivity contribution >= 4 is 38.7 Å². The van der Waals surface area contributed by atoms with E-state index in [1.165, 1.54) is 38.6 Å². The van der Waals surface area contributed by atoms with Gasteiger partial charge >= 0.3 is 6.09 Å². The van der Waals surface area contributed by atoms with Crippen LogP contribution in [0.3, 0.4) is 0 Å². The average Bonchev–Trinajstić information content (AvgIpc) is 3.03. The lowest BCUT2D eigenvalue weighted by Gasteiger charge is -2.46. The van der Waals surface area contributed by atoms with Crippen molar-refractivity contribution in [1.82, 2.24) is 19.8 Å². The van der Waals surface area contributed by atoms with Crippen LogP contribution in [0.2, 0.25) is 0 Å². The number of carbonyl (C=O) groups is 1. The van der Waals surface area contributed by atoms with Gasteiger partial charge in [0.25, 0.3) is 0 Å². The Morgan fingerprint density at radius 1 is 1.00 bits per heavy atom. The van der Waals surface area contributed by atoms with Gasteiger partial charge in [0.2, 0.25) is 0 Å². The molecule has 1 atom stereocenters. The van der Waals surface area contributed by atoms with Crippen molar-refractivity contribution in [2.24, 2.45) is 5.41 Å². The summed E-state index contributed by atoms with van der Waals surface area (Å²) in [7, 11) is 1.67. The fourth-order valence-electron chi connectivity index (χ4n) is 6.77. The summed E-state index contributed by atoms with van der Waals surface area (Å²) in [5, 5.41) is 13.7. The normalized spacial score (nSPS) is 17.4. The van der Waals surface area contributed by atoms with Gasteiger partial charge in [-0.05, 0) is 101 Å². The van der Waals surface area contributed by atoms with Gasteiger partial charge in [-0.3, -0.25) is 0 Å². The summed E-state index contributed by atoms with van der Waals surface area (Å²) in [4.78, 5) is 24.8. The molecule has 2 fully saturated rings. The van der Waals surface area contributed by atoms with Gasteiger partial charge in [-0.15, -0.1) is 0 Å². The molecule has 3 heterocycles. The first kappa shape index (κ1) is 33.3. The molecule has 0 aliphatic carbocycles. The van der Waals surface area contributed by atoms with E-state index in [-0.39, 0.29) is 6.04 Å². The maximum Gasteiger partial charge on any atom is 0.407 e. The van der Waals surface area contributed by atoms with Gasteiger partial charge in [-0.2, -0.15) is 0 Å². The quantitative estimate of drug-likeness (QED) is 0.175. The molecule has 0 bridgehead atoms. The van der Waals surface area contributed by atoms with Crippen LogP contribution in [-0.4, -0.2) is 77.4 Å². The molecule has 1 amide bonds. The molecule has 1 spiro atoms. The molecule has 3 aromatic rings. The highest BCUT2D eigenvalue weighted by molar-refractivity contribution is 9.10. The molecule has 45 heavy (non-hydrogen) atoms. The average molecular weight is 683 g/mol. The predicted octanol–water partition coefficient (Wildman–Crippen LogP) is 8.07. The number of aryl methyl sites for hydroxylation is 1. The number of anilines is 1. The minimum atomic E-state index is -0.766. The van der Waals surface area contributed by atoms with E-state index in [9.17, 15) is 9.90 Å². The van der Waals surface area contributed by atoms with E-state index in [4.69, 9.17) is 19.4 Å². The van der Waals surface area contributed by atoms with E-state index < -0.39 is 6.09 Å². The Labute approximate surface area is 275 Å². The van der Waals surface area contributed by atoms with Gasteiger partial charge in [0.1, 0.15) is 11.6 Å². The monoisotopic (exact) mass is 681 g/mol. The lowest BCUT2D eigenvalue weighted by Crippen LogP contribution is -2.48. The van der Waals surface area contributed by atoms with Gasteiger partial charge in [-0.25, -0.2) is 14.8 Å². The number of fused-ring (bicyclic) bond motifs is 1. The van der Waals surface area contributed by atoms with E-state index in [2.05, 4.69) is 45.2 Å². The second kappa shape index (κ2) is 15.5. The maximum absolute atomic E-state index is 11.2. The summed E-state index contributed by atoms with van der Waals surface area (Å²) < 4.78 is 13.0. The second-order valence-corrected chi connectivity index (χ2v) is 13.7.